The molecule has 2 aliphatic heterocycles. The van der Waals surface area contributed by atoms with Crippen molar-refractivity contribution >= 4 is 19.3 Å². The Morgan fingerprint density at radius 2 is 1.63 bits per heavy atom. The van der Waals surface area contributed by atoms with Crippen molar-refractivity contribution in [3.05, 3.63) is 41.4 Å². The van der Waals surface area contributed by atoms with Gasteiger partial charge in [-0.05, 0) is 38.8 Å². The lowest BCUT2D eigenvalue weighted by Crippen LogP contribution is -2.47. The fraction of sp³-hybridized carbons (Fsp3) is 0.550. The first-order valence-electron chi connectivity index (χ1n) is 9.49. The number of hydrogen-bond donors (Lipinski definition) is 1. The molecule has 7 heteroatoms. The summed E-state index contributed by atoms with van der Waals surface area (Å²) in [6.07, 6.45) is 1.20. The van der Waals surface area contributed by atoms with Gasteiger partial charge in [0.15, 0.2) is 0 Å². The van der Waals surface area contributed by atoms with Crippen molar-refractivity contribution in [2.45, 2.75) is 45.4 Å². The van der Waals surface area contributed by atoms with Crippen LogP contribution in [0.2, 0.25) is 0 Å². The van der Waals surface area contributed by atoms with Crippen LogP contribution in [0, 0.1) is 0 Å². The molecule has 1 amide bonds. The number of rotatable bonds is 4. The molecule has 3 rings (SSSR count). The highest BCUT2D eigenvalue weighted by molar-refractivity contribution is 6.52. The second kappa shape index (κ2) is 7.66. The average molecular weight is 372 g/mol. The summed E-state index contributed by atoms with van der Waals surface area (Å²) in [7, 11) is -0.333. The van der Waals surface area contributed by atoms with E-state index in [0.29, 0.717) is 13.1 Å². The van der Waals surface area contributed by atoms with Crippen molar-refractivity contribution in [1.82, 2.24) is 9.80 Å². The molecule has 2 fully saturated rings. The van der Waals surface area contributed by atoms with E-state index in [9.17, 15) is 4.79 Å². The van der Waals surface area contributed by atoms with Gasteiger partial charge in [0, 0.05) is 32.7 Å². The Hall–Kier alpha value is -1.83. The van der Waals surface area contributed by atoms with Crippen molar-refractivity contribution in [3.8, 4) is 0 Å². The maximum atomic E-state index is 11.0. The van der Waals surface area contributed by atoms with Crippen molar-refractivity contribution in [2.24, 2.45) is 0 Å². The largest absolute Gasteiger partial charge is 0.487 e. The summed E-state index contributed by atoms with van der Waals surface area (Å²) in [5, 5.41) is 9.01. The van der Waals surface area contributed by atoms with E-state index < -0.39 is 6.09 Å². The van der Waals surface area contributed by atoms with Crippen molar-refractivity contribution < 1.29 is 19.2 Å². The van der Waals surface area contributed by atoms with Crippen LogP contribution in [-0.4, -0.2) is 65.5 Å². The van der Waals surface area contributed by atoms with Crippen molar-refractivity contribution in [1.29, 1.82) is 0 Å². The van der Waals surface area contributed by atoms with Gasteiger partial charge in [-0.1, -0.05) is 36.3 Å². The fourth-order valence-corrected chi connectivity index (χ4v) is 3.25. The monoisotopic (exact) mass is 372 g/mol. The van der Waals surface area contributed by atoms with Crippen LogP contribution in [0.5, 0.6) is 0 Å². The van der Waals surface area contributed by atoms with E-state index in [2.05, 4.69) is 29.2 Å². The number of piperazine rings is 1. The van der Waals surface area contributed by atoms with E-state index in [0.717, 1.165) is 25.2 Å². The van der Waals surface area contributed by atoms with Crippen LogP contribution in [0.3, 0.4) is 0 Å². The first kappa shape index (κ1) is 19.9. The zero-order valence-electron chi connectivity index (χ0n) is 16.6. The van der Waals surface area contributed by atoms with E-state index in [4.69, 9.17) is 14.4 Å². The van der Waals surface area contributed by atoms with Gasteiger partial charge < -0.3 is 19.3 Å². The Kier molecular flexibility index (Phi) is 5.65. The summed E-state index contributed by atoms with van der Waals surface area (Å²) >= 11 is 0. The standard InChI is InChI=1S/C20H29BN2O4/c1-19(2)20(3,4)27-21(26-19)10-9-16-5-7-17(8-6-16)15-22-11-13-23(14-12-22)18(24)25/h5-10H,11-15H2,1-4H3,(H,24,25)/b10-9+. The molecule has 0 saturated carbocycles. The first-order chi connectivity index (χ1) is 12.7. The molecule has 1 aromatic carbocycles. The Morgan fingerprint density at radius 1 is 1.07 bits per heavy atom. The van der Waals surface area contributed by atoms with Crippen LogP contribution in [-0.2, 0) is 15.9 Å². The predicted octanol–water partition coefficient (Wildman–Crippen LogP) is 3.13. The molecule has 2 aliphatic rings. The van der Waals surface area contributed by atoms with Gasteiger partial charge in [0.1, 0.15) is 0 Å². The van der Waals surface area contributed by atoms with Crippen molar-refractivity contribution in [2.75, 3.05) is 26.2 Å². The highest BCUT2D eigenvalue weighted by atomic mass is 16.7. The summed E-state index contributed by atoms with van der Waals surface area (Å²) < 4.78 is 11.9. The van der Waals surface area contributed by atoms with Crippen LogP contribution < -0.4 is 0 Å². The number of nitrogens with zero attached hydrogens (tertiary/aromatic N) is 2. The zero-order chi connectivity index (χ0) is 19.7. The first-order valence-corrected chi connectivity index (χ1v) is 9.49. The van der Waals surface area contributed by atoms with Crippen LogP contribution in [0.25, 0.3) is 6.08 Å². The third-order valence-corrected chi connectivity index (χ3v) is 5.75. The normalized spacial score (nSPS) is 22.5. The van der Waals surface area contributed by atoms with Gasteiger partial charge in [-0.15, -0.1) is 0 Å². The number of benzene rings is 1. The summed E-state index contributed by atoms with van der Waals surface area (Å²) in [5.74, 6) is 1.95. The molecule has 1 aromatic rings. The topological polar surface area (TPSA) is 62.2 Å². The number of hydrogen-bond acceptors (Lipinski definition) is 4. The van der Waals surface area contributed by atoms with Gasteiger partial charge in [-0.2, -0.15) is 0 Å². The van der Waals surface area contributed by atoms with Gasteiger partial charge in [0.2, 0.25) is 0 Å². The SMILES string of the molecule is CC1(C)OB(/C=C/c2ccc(CN3CCN(C(=O)O)CC3)cc2)OC1(C)C. The molecule has 0 unspecified atom stereocenters. The lowest BCUT2D eigenvalue weighted by Gasteiger charge is -2.33. The second-order valence-corrected chi connectivity index (χ2v) is 8.27. The number of carbonyl (C=O) groups is 1. The van der Waals surface area contributed by atoms with Gasteiger partial charge in [0.25, 0.3) is 0 Å². The Bertz CT molecular complexity index is 678. The molecular weight excluding hydrogens is 343 g/mol. The lowest BCUT2D eigenvalue weighted by molar-refractivity contribution is 0.00578. The summed E-state index contributed by atoms with van der Waals surface area (Å²) in [6, 6.07) is 8.41. The third-order valence-electron chi connectivity index (χ3n) is 5.75. The van der Waals surface area contributed by atoms with E-state index in [1.807, 2.05) is 39.7 Å². The maximum absolute atomic E-state index is 11.0. The highest BCUT2D eigenvalue weighted by Crippen LogP contribution is 2.37. The molecule has 146 valence electrons. The fourth-order valence-electron chi connectivity index (χ4n) is 3.25. The molecular formula is C20H29BN2O4. The molecule has 2 heterocycles. The van der Waals surface area contributed by atoms with Gasteiger partial charge in [0.05, 0.1) is 11.2 Å². The molecule has 0 bridgehead atoms. The van der Waals surface area contributed by atoms with Crippen molar-refractivity contribution in [3.63, 3.8) is 0 Å². The molecule has 0 atom stereocenters. The molecule has 0 spiro atoms. The minimum absolute atomic E-state index is 0.323. The van der Waals surface area contributed by atoms with E-state index in [-0.39, 0.29) is 18.3 Å². The zero-order valence-corrected chi connectivity index (χ0v) is 16.6. The van der Waals surface area contributed by atoms with E-state index in [1.54, 1.807) is 0 Å². The van der Waals surface area contributed by atoms with Gasteiger partial charge >= 0.3 is 13.2 Å². The molecule has 0 aliphatic carbocycles. The van der Waals surface area contributed by atoms with Crippen LogP contribution in [0.15, 0.2) is 30.2 Å². The molecule has 6 nitrogen and oxygen atoms in total. The smallest absolute Gasteiger partial charge is 0.465 e. The molecule has 27 heavy (non-hydrogen) atoms. The Balaban J connectivity index is 1.52. The number of carboxylic acid groups (broad SMARTS) is 1. The van der Waals surface area contributed by atoms with Crippen LogP contribution >= 0.6 is 0 Å². The average Bonchev–Trinajstić information content (AvgIpc) is 2.82. The second-order valence-electron chi connectivity index (χ2n) is 8.27. The quantitative estimate of drug-likeness (QED) is 0.823. The summed E-state index contributed by atoms with van der Waals surface area (Å²) in [6.45, 7) is 11.7. The molecule has 1 N–H and O–H groups in total. The Morgan fingerprint density at radius 3 is 2.15 bits per heavy atom. The van der Waals surface area contributed by atoms with E-state index >= 15 is 0 Å². The third kappa shape index (κ3) is 4.72. The van der Waals surface area contributed by atoms with Gasteiger partial charge in [-0.3, -0.25) is 4.90 Å². The summed E-state index contributed by atoms with van der Waals surface area (Å²) in [4.78, 5) is 14.7. The lowest BCUT2D eigenvalue weighted by atomic mass is 9.89. The number of amides is 1. The minimum Gasteiger partial charge on any atom is -0.465 e. The predicted molar refractivity (Wildman–Crippen MR) is 106 cm³/mol. The molecule has 2 saturated heterocycles. The molecule has 0 aromatic heterocycles. The minimum atomic E-state index is -0.826. The highest BCUT2D eigenvalue weighted by Gasteiger charge is 2.49. The van der Waals surface area contributed by atoms with Crippen LogP contribution in [0.1, 0.15) is 38.8 Å². The van der Waals surface area contributed by atoms with E-state index in [1.165, 1.54) is 10.5 Å². The van der Waals surface area contributed by atoms with Gasteiger partial charge in [-0.25, -0.2) is 4.79 Å². The maximum Gasteiger partial charge on any atom is 0.487 e. The summed E-state index contributed by atoms with van der Waals surface area (Å²) in [5.41, 5.74) is 1.68. The molecule has 0 radical (unpaired) electrons. The van der Waals surface area contributed by atoms with Crippen LogP contribution in [0.4, 0.5) is 4.79 Å². The Labute approximate surface area is 161 Å².